The molecule has 3 rings (SSSR count). The van der Waals surface area contributed by atoms with Crippen molar-refractivity contribution in [3.05, 3.63) is 82.8 Å². The molecule has 2 aromatic carbocycles. The summed E-state index contributed by atoms with van der Waals surface area (Å²) in [5.41, 5.74) is 0.528. The largest absolute Gasteiger partial charge is 0.437 e. The third-order valence-electron chi connectivity index (χ3n) is 3.17. The SMILES string of the molecule is O=C(Nc1cccc(Oc2cnccn2)c1)c1cccc([N+](=O)[O-])c1. The van der Waals surface area contributed by atoms with Crippen LogP contribution in [0, 0.1) is 10.1 Å². The maximum atomic E-state index is 12.3. The Bertz CT molecular complexity index is 915. The van der Waals surface area contributed by atoms with Crippen LogP contribution in [0.3, 0.4) is 0 Å². The number of carbonyl (C=O) groups excluding carboxylic acids is 1. The molecule has 0 saturated heterocycles. The zero-order chi connectivity index (χ0) is 17.6. The smallest absolute Gasteiger partial charge is 0.270 e. The number of nitrogens with one attached hydrogen (secondary N) is 1. The average Bonchev–Trinajstić information content (AvgIpc) is 2.63. The highest BCUT2D eigenvalue weighted by Crippen LogP contribution is 2.23. The topological polar surface area (TPSA) is 107 Å². The lowest BCUT2D eigenvalue weighted by Gasteiger charge is -2.08. The second kappa shape index (κ2) is 7.18. The van der Waals surface area contributed by atoms with Gasteiger partial charge >= 0.3 is 0 Å². The molecule has 1 heterocycles. The summed E-state index contributed by atoms with van der Waals surface area (Å²) in [5.74, 6) is 0.336. The van der Waals surface area contributed by atoms with E-state index >= 15 is 0 Å². The first kappa shape index (κ1) is 16.1. The lowest BCUT2D eigenvalue weighted by atomic mass is 10.2. The monoisotopic (exact) mass is 336 g/mol. The summed E-state index contributed by atoms with van der Waals surface area (Å²) >= 11 is 0. The molecule has 0 aliphatic carbocycles. The minimum Gasteiger partial charge on any atom is -0.437 e. The van der Waals surface area contributed by atoms with Crippen LogP contribution in [0.15, 0.2) is 67.1 Å². The van der Waals surface area contributed by atoms with E-state index in [1.54, 1.807) is 24.3 Å². The van der Waals surface area contributed by atoms with Gasteiger partial charge in [-0.2, -0.15) is 0 Å². The molecule has 1 N–H and O–H groups in total. The second-order valence-corrected chi connectivity index (χ2v) is 4.94. The fourth-order valence-corrected chi connectivity index (χ4v) is 2.06. The van der Waals surface area contributed by atoms with Gasteiger partial charge in [0.15, 0.2) is 0 Å². The van der Waals surface area contributed by atoms with Crippen LogP contribution in [0.4, 0.5) is 11.4 Å². The van der Waals surface area contributed by atoms with Gasteiger partial charge in [0, 0.05) is 41.8 Å². The van der Waals surface area contributed by atoms with Crippen LogP contribution in [0.1, 0.15) is 10.4 Å². The van der Waals surface area contributed by atoms with E-state index in [2.05, 4.69) is 15.3 Å². The van der Waals surface area contributed by atoms with Gasteiger partial charge in [0.2, 0.25) is 5.88 Å². The van der Waals surface area contributed by atoms with Gasteiger partial charge in [-0.05, 0) is 18.2 Å². The maximum Gasteiger partial charge on any atom is 0.270 e. The van der Waals surface area contributed by atoms with Crippen molar-refractivity contribution in [1.29, 1.82) is 0 Å². The van der Waals surface area contributed by atoms with Crippen LogP contribution < -0.4 is 10.1 Å². The summed E-state index contributed by atoms with van der Waals surface area (Å²) in [5, 5.41) is 13.5. The number of benzene rings is 2. The minimum absolute atomic E-state index is 0.146. The van der Waals surface area contributed by atoms with E-state index in [1.807, 2.05) is 0 Å². The van der Waals surface area contributed by atoms with Crippen LogP contribution in [-0.4, -0.2) is 20.8 Å². The van der Waals surface area contributed by atoms with Gasteiger partial charge in [-0.1, -0.05) is 12.1 Å². The van der Waals surface area contributed by atoms with Crippen molar-refractivity contribution in [3.63, 3.8) is 0 Å². The number of hydrogen-bond donors (Lipinski definition) is 1. The number of nitro benzene ring substituents is 1. The first-order valence-electron chi connectivity index (χ1n) is 7.21. The molecule has 0 unspecified atom stereocenters. The minimum atomic E-state index is -0.549. The number of carbonyl (C=O) groups is 1. The lowest BCUT2D eigenvalue weighted by Crippen LogP contribution is -2.12. The molecule has 0 radical (unpaired) electrons. The Balaban J connectivity index is 1.74. The molecular weight excluding hydrogens is 324 g/mol. The van der Waals surface area contributed by atoms with Crippen LogP contribution in [-0.2, 0) is 0 Å². The van der Waals surface area contributed by atoms with Crippen LogP contribution in [0.2, 0.25) is 0 Å². The van der Waals surface area contributed by atoms with Crippen LogP contribution >= 0.6 is 0 Å². The quantitative estimate of drug-likeness (QED) is 0.565. The predicted octanol–water partition coefficient (Wildman–Crippen LogP) is 3.43. The van der Waals surface area contributed by atoms with Crippen LogP contribution in [0.25, 0.3) is 0 Å². The molecule has 0 aliphatic heterocycles. The van der Waals surface area contributed by atoms with Gasteiger partial charge in [-0.15, -0.1) is 0 Å². The molecule has 0 fully saturated rings. The molecule has 124 valence electrons. The average molecular weight is 336 g/mol. The van der Waals surface area contributed by atoms with E-state index in [0.717, 1.165) is 0 Å². The number of rotatable bonds is 5. The molecule has 0 atom stereocenters. The molecule has 8 nitrogen and oxygen atoms in total. The summed E-state index contributed by atoms with van der Waals surface area (Å²) in [6.07, 6.45) is 4.50. The van der Waals surface area contributed by atoms with E-state index in [-0.39, 0.29) is 11.3 Å². The zero-order valence-corrected chi connectivity index (χ0v) is 12.8. The Morgan fingerprint density at radius 2 is 1.96 bits per heavy atom. The van der Waals surface area contributed by atoms with E-state index in [0.29, 0.717) is 17.3 Å². The van der Waals surface area contributed by atoms with E-state index < -0.39 is 10.8 Å². The third kappa shape index (κ3) is 4.14. The summed E-state index contributed by atoms with van der Waals surface area (Å²) in [6, 6.07) is 12.2. The van der Waals surface area contributed by atoms with Crippen LogP contribution in [0.5, 0.6) is 11.6 Å². The predicted molar refractivity (Wildman–Crippen MR) is 89.6 cm³/mol. The van der Waals surface area contributed by atoms with Gasteiger partial charge < -0.3 is 10.1 Å². The van der Waals surface area contributed by atoms with Crippen molar-refractivity contribution in [2.24, 2.45) is 0 Å². The fourth-order valence-electron chi connectivity index (χ4n) is 2.06. The first-order valence-corrected chi connectivity index (χ1v) is 7.21. The highest BCUT2D eigenvalue weighted by Gasteiger charge is 2.12. The van der Waals surface area contributed by atoms with E-state index in [9.17, 15) is 14.9 Å². The van der Waals surface area contributed by atoms with Crippen molar-refractivity contribution >= 4 is 17.3 Å². The highest BCUT2D eigenvalue weighted by molar-refractivity contribution is 6.04. The Labute approximate surface area is 142 Å². The molecule has 1 amide bonds. The van der Waals surface area contributed by atoms with Crippen molar-refractivity contribution in [1.82, 2.24) is 9.97 Å². The summed E-state index contributed by atoms with van der Waals surface area (Å²) in [4.78, 5) is 30.4. The second-order valence-electron chi connectivity index (χ2n) is 4.94. The Morgan fingerprint density at radius 3 is 2.72 bits per heavy atom. The number of ether oxygens (including phenoxy) is 1. The molecule has 0 saturated carbocycles. The summed E-state index contributed by atoms with van der Waals surface area (Å²) < 4.78 is 5.54. The number of amides is 1. The lowest BCUT2D eigenvalue weighted by molar-refractivity contribution is -0.384. The van der Waals surface area contributed by atoms with E-state index in [4.69, 9.17) is 4.74 Å². The number of aromatic nitrogens is 2. The van der Waals surface area contributed by atoms with Gasteiger partial charge in [-0.25, -0.2) is 4.98 Å². The number of nitro groups is 1. The normalized spacial score (nSPS) is 10.1. The highest BCUT2D eigenvalue weighted by atomic mass is 16.6. The van der Waals surface area contributed by atoms with Gasteiger partial charge in [-0.3, -0.25) is 19.9 Å². The molecule has 3 aromatic rings. The molecule has 0 bridgehead atoms. The summed E-state index contributed by atoms with van der Waals surface area (Å²) in [6.45, 7) is 0. The number of hydrogen-bond acceptors (Lipinski definition) is 6. The number of nitrogens with zero attached hydrogens (tertiary/aromatic N) is 3. The maximum absolute atomic E-state index is 12.3. The molecule has 0 aliphatic rings. The Kier molecular flexibility index (Phi) is 4.61. The van der Waals surface area contributed by atoms with Crippen molar-refractivity contribution in [2.45, 2.75) is 0 Å². The first-order chi connectivity index (χ1) is 12.1. The number of non-ortho nitro benzene ring substituents is 1. The Morgan fingerprint density at radius 1 is 1.12 bits per heavy atom. The third-order valence-corrected chi connectivity index (χ3v) is 3.17. The molecule has 8 heteroatoms. The standard InChI is InChI=1S/C17H12N4O4/c22-17(12-3-1-5-14(9-12)21(23)24)20-13-4-2-6-15(10-13)25-16-11-18-7-8-19-16/h1-11H,(H,20,22). The Hall–Kier alpha value is -3.81. The zero-order valence-electron chi connectivity index (χ0n) is 12.8. The molecule has 25 heavy (non-hydrogen) atoms. The summed E-state index contributed by atoms with van der Waals surface area (Å²) in [7, 11) is 0. The molecule has 1 aromatic heterocycles. The van der Waals surface area contributed by atoms with Crippen molar-refractivity contribution < 1.29 is 14.5 Å². The number of anilines is 1. The molecular formula is C17H12N4O4. The van der Waals surface area contributed by atoms with Gasteiger partial charge in [0.05, 0.1) is 11.1 Å². The van der Waals surface area contributed by atoms with Gasteiger partial charge in [0.1, 0.15) is 5.75 Å². The van der Waals surface area contributed by atoms with Crippen molar-refractivity contribution in [3.8, 4) is 11.6 Å². The molecule has 0 spiro atoms. The van der Waals surface area contributed by atoms with Crippen molar-refractivity contribution in [2.75, 3.05) is 5.32 Å². The van der Waals surface area contributed by atoms with E-state index in [1.165, 1.54) is 42.9 Å². The fraction of sp³-hybridized carbons (Fsp3) is 0. The van der Waals surface area contributed by atoms with Gasteiger partial charge in [0.25, 0.3) is 11.6 Å².